The molecule has 4 aromatic rings. The van der Waals surface area contributed by atoms with Gasteiger partial charge in [-0.1, -0.05) is 88.7 Å². The maximum absolute atomic E-state index is 14.3. The van der Waals surface area contributed by atoms with Crippen molar-refractivity contribution in [2.75, 3.05) is 17.9 Å². The van der Waals surface area contributed by atoms with Gasteiger partial charge in [0, 0.05) is 24.5 Å². The first kappa shape index (κ1) is 30.0. The quantitative estimate of drug-likeness (QED) is 0.242. The predicted octanol–water partition coefficient (Wildman–Crippen LogP) is 5.34. The smallest absolute Gasteiger partial charge is 0.264 e. The molecule has 1 N–H and O–H groups in total. The van der Waals surface area contributed by atoms with Gasteiger partial charge in [0.1, 0.15) is 12.6 Å². The van der Waals surface area contributed by atoms with Crippen LogP contribution in [0.4, 0.5) is 5.69 Å². The summed E-state index contributed by atoms with van der Waals surface area (Å²) in [6.45, 7) is 1.48. The largest absolute Gasteiger partial charge is 0.357 e. The lowest BCUT2D eigenvalue weighted by atomic mass is 10.0. The Hall–Kier alpha value is -3.95. The topological polar surface area (TPSA) is 86.8 Å². The second kappa shape index (κ2) is 13.6. The average Bonchev–Trinajstić information content (AvgIpc) is 2.98. The Morgan fingerprint density at radius 3 is 2.10 bits per heavy atom. The van der Waals surface area contributed by atoms with Crippen LogP contribution in [0.1, 0.15) is 16.7 Å². The van der Waals surface area contributed by atoms with Gasteiger partial charge in [-0.2, -0.15) is 0 Å². The summed E-state index contributed by atoms with van der Waals surface area (Å²) < 4.78 is 29.8. The molecule has 1 atom stereocenters. The number of amides is 2. The van der Waals surface area contributed by atoms with Crippen molar-refractivity contribution >= 4 is 43.5 Å². The van der Waals surface area contributed by atoms with E-state index in [4.69, 9.17) is 0 Å². The highest BCUT2D eigenvalue weighted by molar-refractivity contribution is 9.10. The molecule has 0 fully saturated rings. The first-order valence-electron chi connectivity index (χ1n) is 13.1. The lowest BCUT2D eigenvalue weighted by molar-refractivity contribution is -0.139. The van der Waals surface area contributed by atoms with Crippen LogP contribution in [0.25, 0.3) is 0 Å². The number of carbonyl (C=O) groups excluding carboxylic acids is 2. The van der Waals surface area contributed by atoms with Crippen molar-refractivity contribution in [2.24, 2.45) is 0 Å². The molecular formula is C32H32BrN3O4S. The minimum Gasteiger partial charge on any atom is -0.357 e. The van der Waals surface area contributed by atoms with Crippen LogP contribution in [0, 0.1) is 6.92 Å². The number of rotatable bonds is 11. The highest BCUT2D eigenvalue weighted by Crippen LogP contribution is 2.26. The third-order valence-electron chi connectivity index (χ3n) is 6.66. The number of likely N-dealkylation sites (N-methyl/N-ethyl adjacent to an activating group) is 1. The Morgan fingerprint density at radius 2 is 1.46 bits per heavy atom. The number of benzene rings is 4. The summed E-state index contributed by atoms with van der Waals surface area (Å²) in [5.41, 5.74) is 2.88. The Bertz CT molecular complexity index is 1600. The minimum absolute atomic E-state index is 0.0694. The van der Waals surface area contributed by atoms with Crippen molar-refractivity contribution in [1.82, 2.24) is 10.2 Å². The Balaban J connectivity index is 1.78. The lowest BCUT2D eigenvalue weighted by Gasteiger charge is -2.33. The fraction of sp³-hybridized carbons (Fsp3) is 0.188. The molecule has 0 aliphatic carbocycles. The molecule has 0 radical (unpaired) electrons. The van der Waals surface area contributed by atoms with E-state index in [9.17, 15) is 18.0 Å². The number of aryl methyl sites for hydroxylation is 1. The van der Waals surface area contributed by atoms with Crippen LogP contribution in [-0.2, 0) is 32.6 Å². The van der Waals surface area contributed by atoms with Crippen LogP contribution >= 0.6 is 15.9 Å². The second-order valence-electron chi connectivity index (χ2n) is 9.64. The summed E-state index contributed by atoms with van der Waals surface area (Å²) in [4.78, 5) is 29.1. The Morgan fingerprint density at radius 1 is 0.829 bits per heavy atom. The molecular weight excluding hydrogens is 602 g/mol. The minimum atomic E-state index is -4.11. The van der Waals surface area contributed by atoms with Gasteiger partial charge in [-0.15, -0.1) is 0 Å². The van der Waals surface area contributed by atoms with E-state index in [0.717, 1.165) is 25.5 Å². The van der Waals surface area contributed by atoms with Gasteiger partial charge < -0.3 is 10.2 Å². The zero-order valence-corrected chi connectivity index (χ0v) is 25.3. The first-order valence-corrected chi connectivity index (χ1v) is 15.4. The zero-order valence-electron chi connectivity index (χ0n) is 22.9. The van der Waals surface area contributed by atoms with Crippen molar-refractivity contribution < 1.29 is 18.0 Å². The summed E-state index contributed by atoms with van der Waals surface area (Å²) in [6.07, 6.45) is 0.260. The number of sulfonamides is 1. The van der Waals surface area contributed by atoms with Gasteiger partial charge in [-0.05, 0) is 60.0 Å². The molecule has 2 amide bonds. The molecule has 0 aliphatic heterocycles. The SMILES string of the molecule is CNC(=O)C(Cc1ccccc1)N(Cc1cccc(Br)c1)C(=O)CN(c1cccc(C)c1)S(=O)(=O)c1ccccc1. The number of nitrogens with zero attached hydrogens (tertiary/aromatic N) is 2. The summed E-state index contributed by atoms with van der Waals surface area (Å²) in [7, 11) is -2.58. The number of hydrogen-bond donors (Lipinski definition) is 1. The maximum Gasteiger partial charge on any atom is 0.264 e. The fourth-order valence-corrected chi connectivity index (χ4v) is 6.46. The van der Waals surface area contributed by atoms with E-state index in [2.05, 4.69) is 21.2 Å². The van der Waals surface area contributed by atoms with E-state index >= 15 is 0 Å². The van der Waals surface area contributed by atoms with Gasteiger partial charge in [0.05, 0.1) is 10.6 Å². The number of carbonyl (C=O) groups is 2. The first-order chi connectivity index (χ1) is 19.7. The van der Waals surface area contributed by atoms with E-state index in [1.54, 1.807) is 36.4 Å². The van der Waals surface area contributed by atoms with Crippen molar-refractivity contribution in [3.05, 3.63) is 130 Å². The van der Waals surface area contributed by atoms with Crippen LogP contribution in [0.15, 0.2) is 119 Å². The molecule has 41 heavy (non-hydrogen) atoms. The summed E-state index contributed by atoms with van der Waals surface area (Å²) in [5, 5.41) is 2.69. The van der Waals surface area contributed by atoms with E-state index in [-0.39, 0.29) is 23.8 Å². The normalized spacial score (nSPS) is 11.9. The summed E-state index contributed by atoms with van der Waals surface area (Å²) in [6, 6.07) is 31.1. The van der Waals surface area contributed by atoms with E-state index < -0.39 is 28.5 Å². The van der Waals surface area contributed by atoms with Gasteiger partial charge in [0.2, 0.25) is 11.8 Å². The number of nitrogens with one attached hydrogen (secondary N) is 1. The predicted molar refractivity (Wildman–Crippen MR) is 165 cm³/mol. The summed E-state index contributed by atoms with van der Waals surface area (Å²) in [5.74, 6) is -0.847. The standard InChI is InChI=1S/C32H32BrN3O4S/c1-24-11-9-16-28(19-24)36(41(39,40)29-17-7-4-8-18-29)23-31(37)35(22-26-14-10-15-27(33)20-26)30(32(38)34-2)21-25-12-5-3-6-13-25/h3-20,30H,21-23H2,1-2H3,(H,34,38). The second-order valence-corrected chi connectivity index (χ2v) is 12.4. The van der Waals surface area contributed by atoms with Gasteiger partial charge in [0.15, 0.2) is 0 Å². The van der Waals surface area contributed by atoms with Crippen LogP contribution < -0.4 is 9.62 Å². The van der Waals surface area contributed by atoms with Gasteiger partial charge in [0.25, 0.3) is 10.0 Å². The molecule has 0 saturated heterocycles. The van der Waals surface area contributed by atoms with Crippen molar-refractivity contribution in [3.8, 4) is 0 Å². The monoisotopic (exact) mass is 633 g/mol. The van der Waals surface area contributed by atoms with Gasteiger partial charge in [-0.3, -0.25) is 13.9 Å². The molecule has 0 bridgehead atoms. The maximum atomic E-state index is 14.3. The van der Waals surface area contributed by atoms with Crippen LogP contribution in [0.3, 0.4) is 0 Å². The number of halogens is 1. The zero-order chi connectivity index (χ0) is 29.4. The molecule has 4 aromatic carbocycles. The number of anilines is 1. The molecule has 9 heteroatoms. The average molecular weight is 635 g/mol. The molecule has 0 spiro atoms. The third-order valence-corrected chi connectivity index (χ3v) is 8.94. The van der Waals surface area contributed by atoms with Crippen molar-refractivity contribution in [3.63, 3.8) is 0 Å². The lowest BCUT2D eigenvalue weighted by Crippen LogP contribution is -2.53. The molecule has 7 nitrogen and oxygen atoms in total. The van der Waals surface area contributed by atoms with Crippen molar-refractivity contribution in [1.29, 1.82) is 0 Å². The van der Waals surface area contributed by atoms with Gasteiger partial charge >= 0.3 is 0 Å². The molecule has 1 unspecified atom stereocenters. The molecule has 0 aliphatic rings. The fourth-order valence-electron chi connectivity index (χ4n) is 4.58. The van der Waals surface area contributed by atoms with E-state index in [1.807, 2.05) is 67.6 Å². The van der Waals surface area contributed by atoms with Crippen LogP contribution in [0.2, 0.25) is 0 Å². The van der Waals surface area contributed by atoms with Crippen molar-refractivity contribution in [2.45, 2.75) is 30.8 Å². The Kier molecular flexibility index (Phi) is 9.96. The van der Waals surface area contributed by atoms with Crippen LogP contribution in [0.5, 0.6) is 0 Å². The highest BCUT2D eigenvalue weighted by Gasteiger charge is 2.34. The van der Waals surface area contributed by atoms with Gasteiger partial charge in [-0.25, -0.2) is 8.42 Å². The molecule has 212 valence electrons. The molecule has 0 saturated carbocycles. The molecule has 0 heterocycles. The van der Waals surface area contributed by atoms with E-state index in [0.29, 0.717) is 5.69 Å². The Labute approximate surface area is 250 Å². The highest BCUT2D eigenvalue weighted by atomic mass is 79.9. The summed E-state index contributed by atoms with van der Waals surface area (Å²) >= 11 is 3.48. The molecule has 4 rings (SSSR count). The molecule has 0 aromatic heterocycles. The number of hydrogen-bond acceptors (Lipinski definition) is 4. The van der Waals surface area contributed by atoms with Crippen LogP contribution in [-0.4, -0.2) is 44.8 Å². The third kappa shape index (κ3) is 7.62. The van der Waals surface area contributed by atoms with E-state index in [1.165, 1.54) is 24.1 Å².